The van der Waals surface area contributed by atoms with Crippen molar-refractivity contribution in [3.8, 4) is 11.5 Å². The largest absolute Gasteiger partial charge is 0.423 e. The van der Waals surface area contributed by atoms with E-state index in [4.69, 9.17) is 4.42 Å². The van der Waals surface area contributed by atoms with Gasteiger partial charge in [0.15, 0.2) is 0 Å². The number of anilines is 1. The molecule has 0 bridgehead atoms. The number of benzene rings is 1. The zero-order valence-electron chi connectivity index (χ0n) is 12.7. The topological polar surface area (TPSA) is 112 Å². The van der Waals surface area contributed by atoms with Crippen LogP contribution in [0.5, 0.6) is 0 Å². The minimum Gasteiger partial charge on any atom is -0.423 e. The summed E-state index contributed by atoms with van der Waals surface area (Å²) in [5.74, 6) is -0.0706. The fourth-order valence-electron chi connectivity index (χ4n) is 2.12. The average molecular weight is 327 g/mol. The highest BCUT2D eigenvalue weighted by Gasteiger charge is 2.09. The number of hydrogen-bond donors (Lipinski definition) is 1. The fraction of sp³-hybridized carbons (Fsp3) is 0.133. The number of carbonyl (C=O) groups excluding carboxylic acids is 1. The first-order valence-electron chi connectivity index (χ1n) is 6.97. The zero-order valence-corrected chi connectivity index (χ0v) is 12.7. The summed E-state index contributed by atoms with van der Waals surface area (Å²) in [6.07, 6.45) is 2.51. The summed E-state index contributed by atoms with van der Waals surface area (Å²) in [5.41, 5.74) is 0.194. The summed E-state index contributed by atoms with van der Waals surface area (Å²) in [5, 5.41) is 10.1. The third-order valence-electron chi connectivity index (χ3n) is 3.33. The van der Waals surface area contributed by atoms with Crippen molar-refractivity contribution >= 4 is 11.6 Å². The summed E-state index contributed by atoms with van der Waals surface area (Å²) in [6, 6.07) is 8.09. The molecule has 1 aromatic carbocycles. The Morgan fingerprint density at radius 1 is 1.29 bits per heavy atom. The van der Waals surface area contributed by atoms with E-state index in [1.54, 1.807) is 24.3 Å². The van der Waals surface area contributed by atoms with E-state index in [-0.39, 0.29) is 6.54 Å². The molecule has 3 rings (SSSR count). The van der Waals surface area contributed by atoms with Gasteiger partial charge in [-0.2, -0.15) is 0 Å². The Morgan fingerprint density at radius 2 is 2.12 bits per heavy atom. The van der Waals surface area contributed by atoms with Gasteiger partial charge in [0, 0.05) is 30.6 Å². The SMILES string of the molecule is Cn1c(=O)ccn(CC(=O)Nc2cccc(-c3nnco3)c2)c1=O. The summed E-state index contributed by atoms with van der Waals surface area (Å²) < 4.78 is 7.19. The number of rotatable bonds is 4. The molecule has 1 amide bonds. The van der Waals surface area contributed by atoms with Crippen LogP contribution < -0.4 is 16.6 Å². The van der Waals surface area contributed by atoms with Crippen molar-refractivity contribution < 1.29 is 9.21 Å². The molecular weight excluding hydrogens is 314 g/mol. The number of hydrogen-bond acceptors (Lipinski definition) is 6. The lowest BCUT2D eigenvalue weighted by Crippen LogP contribution is -2.38. The molecule has 0 aliphatic carbocycles. The summed E-state index contributed by atoms with van der Waals surface area (Å²) in [4.78, 5) is 35.4. The van der Waals surface area contributed by atoms with E-state index >= 15 is 0 Å². The second-order valence-electron chi connectivity index (χ2n) is 5.00. The van der Waals surface area contributed by atoms with E-state index in [9.17, 15) is 14.4 Å². The molecule has 0 radical (unpaired) electrons. The Labute approximate surface area is 135 Å². The fourth-order valence-corrected chi connectivity index (χ4v) is 2.12. The van der Waals surface area contributed by atoms with Gasteiger partial charge in [-0.1, -0.05) is 6.07 Å². The lowest BCUT2D eigenvalue weighted by molar-refractivity contribution is -0.116. The van der Waals surface area contributed by atoms with Crippen LogP contribution >= 0.6 is 0 Å². The predicted molar refractivity (Wildman–Crippen MR) is 84.3 cm³/mol. The molecule has 0 aliphatic rings. The van der Waals surface area contributed by atoms with E-state index in [1.165, 1.54) is 25.7 Å². The maximum atomic E-state index is 12.1. The Morgan fingerprint density at radius 3 is 2.88 bits per heavy atom. The molecule has 0 saturated heterocycles. The number of nitrogens with one attached hydrogen (secondary N) is 1. The Kier molecular flexibility index (Phi) is 4.06. The maximum absolute atomic E-state index is 12.1. The van der Waals surface area contributed by atoms with Gasteiger partial charge in [0.1, 0.15) is 6.54 Å². The van der Waals surface area contributed by atoms with Gasteiger partial charge in [-0.05, 0) is 18.2 Å². The van der Waals surface area contributed by atoms with E-state index in [1.807, 2.05) is 0 Å². The molecule has 2 aromatic heterocycles. The minimum atomic E-state index is -0.558. The van der Waals surface area contributed by atoms with Gasteiger partial charge >= 0.3 is 5.69 Å². The van der Waals surface area contributed by atoms with Crippen LogP contribution in [0.15, 0.2) is 56.9 Å². The quantitative estimate of drug-likeness (QED) is 0.734. The molecule has 0 unspecified atom stereocenters. The number of aromatic nitrogens is 4. The maximum Gasteiger partial charge on any atom is 0.331 e. The van der Waals surface area contributed by atoms with Crippen molar-refractivity contribution in [2.24, 2.45) is 7.05 Å². The summed E-state index contributed by atoms with van der Waals surface area (Å²) in [7, 11) is 1.35. The standard InChI is InChI=1S/C15H13N5O4/c1-19-13(22)5-6-20(15(19)23)8-12(21)17-11-4-2-3-10(7-11)14-18-16-9-24-14/h2-7,9H,8H2,1H3,(H,17,21). The molecule has 9 nitrogen and oxygen atoms in total. The molecular formula is C15H13N5O4. The molecule has 0 aliphatic heterocycles. The summed E-state index contributed by atoms with van der Waals surface area (Å²) in [6.45, 7) is -0.211. The number of nitrogens with zero attached hydrogens (tertiary/aromatic N) is 4. The molecule has 0 spiro atoms. The van der Waals surface area contributed by atoms with Crippen molar-refractivity contribution in [3.63, 3.8) is 0 Å². The number of carbonyl (C=O) groups is 1. The molecule has 2 heterocycles. The highest BCUT2D eigenvalue weighted by molar-refractivity contribution is 5.91. The molecule has 9 heteroatoms. The third kappa shape index (κ3) is 3.14. The zero-order chi connectivity index (χ0) is 17.1. The molecule has 0 fully saturated rings. The van der Waals surface area contributed by atoms with Gasteiger partial charge < -0.3 is 9.73 Å². The minimum absolute atomic E-state index is 0.211. The van der Waals surface area contributed by atoms with Gasteiger partial charge in [0.2, 0.25) is 18.2 Å². The van der Waals surface area contributed by atoms with E-state index in [2.05, 4.69) is 15.5 Å². The van der Waals surface area contributed by atoms with Crippen molar-refractivity contribution in [1.29, 1.82) is 0 Å². The van der Waals surface area contributed by atoms with Crippen LogP contribution in [0, 0.1) is 0 Å². The van der Waals surface area contributed by atoms with Crippen LogP contribution in [-0.4, -0.2) is 25.2 Å². The highest BCUT2D eigenvalue weighted by atomic mass is 16.4. The Bertz CT molecular complexity index is 988. The van der Waals surface area contributed by atoms with Crippen molar-refractivity contribution in [2.75, 3.05) is 5.32 Å². The van der Waals surface area contributed by atoms with Crippen LogP contribution in [0.25, 0.3) is 11.5 Å². The van der Waals surface area contributed by atoms with E-state index in [0.717, 1.165) is 9.13 Å². The van der Waals surface area contributed by atoms with Crippen LogP contribution in [-0.2, 0) is 18.4 Å². The van der Waals surface area contributed by atoms with Gasteiger partial charge in [-0.3, -0.25) is 18.7 Å². The second kappa shape index (κ2) is 6.32. The van der Waals surface area contributed by atoms with Crippen LogP contribution in [0.1, 0.15) is 0 Å². The lowest BCUT2D eigenvalue weighted by atomic mass is 10.2. The van der Waals surface area contributed by atoms with E-state index < -0.39 is 17.2 Å². The van der Waals surface area contributed by atoms with Gasteiger partial charge in [-0.25, -0.2) is 4.79 Å². The van der Waals surface area contributed by atoms with E-state index in [0.29, 0.717) is 17.1 Å². The molecule has 24 heavy (non-hydrogen) atoms. The first-order valence-corrected chi connectivity index (χ1v) is 6.97. The van der Waals surface area contributed by atoms with Crippen molar-refractivity contribution in [3.05, 3.63) is 63.8 Å². The smallest absolute Gasteiger partial charge is 0.331 e. The molecule has 0 saturated carbocycles. The normalized spacial score (nSPS) is 10.5. The molecule has 122 valence electrons. The van der Waals surface area contributed by atoms with Crippen LogP contribution in [0.4, 0.5) is 5.69 Å². The van der Waals surface area contributed by atoms with Crippen molar-refractivity contribution in [2.45, 2.75) is 6.54 Å². The third-order valence-corrected chi connectivity index (χ3v) is 3.33. The van der Waals surface area contributed by atoms with Crippen LogP contribution in [0.3, 0.4) is 0 Å². The molecule has 3 aromatic rings. The predicted octanol–water partition coefficient (Wildman–Crippen LogP) is 0.236. The van der Waals surface area contributed by atoms with Gasteiger partial charge in [-0.15, -0.1) is 10.2 Å². The lowest BCUT2D eigenvalue weighted by Gasteiger charge is -2.08. The monoisotopic (exact) mass is 327 g/mol. The second-order valence-corrected chi connectivity index (χ2v) is 5.00. The van der Waals surface area contributed by atoms with Gasteiger partial charge in [0.25, 0.3) is 5.56 Å². The Balaban J connectivity index is 1.76. The molecule has 1 N–H and O–H groups in total. The summed E-state index contributed by atoms with van der Waals surface area (Å²) >= 11 is 0. The molecule has 0 atom stereocenters. The number of amides is 1. The van der Waals surface area contributed by atoms with Crippen molar-refractivity contribution in [1.82, 2.24) is 19.3 Å². The highest BCUT2D eigenvalue weighted by Crippen LogP contribution is 2.20. The average Bonchev–Trinajstić information content (AvgIpc) is 3.10. The first-order chi connectivity index (χ1) is 11.5. The first kappa shape index (κ1) is 15.4. The Hall–Kier alpha value is -3.49. The van der Waals surface area contributed by atoms with Gasteiger partial charge in [0.05, 0.1) is 0 Å². The van der Waals surface area contributed by atoms with Crippen LogP contribution in [0.2, 0.25) is 0 Å².